The van der Waals surface area contributed by atoms with Crippen LogP contribution in [-0.2, 0) is 14.3 Å². The number of esters is 1. The molecule has 174 valence electrons. The lowest BCUT2D eigenvalue weighted by Crippen LogP contribution is -2.49. The van der Waals surface area contributed by atoms with Gasteiger partial charge in [-0.25, -0.2) is 0 Å². The van der Waals surface area contributed by atoms with Crippen LogP contribution in [-0.4, -0.2) is 61.4 Å². The van der Waals surface area contributed by atoms with Gasteiger partial charge in [0.2, 0.25) is 5.91 Å². The van der Waals surface area contributed by atoms with Gasteiger partial charge in [-0.1, -0.05) is 30.3 Å². The van der Waals surface area contributed by atoms with Crippen molar-refractivity contribution in [3.05, 3.63) is 65.2 Å². The van der Waals surface area contributed by atoms with Crippen LogP contribution in [0.1, 0.15) is 53.2 Å². The first kappa shape index (κ1) is 22.8. The zero-order valence-corrected chi connectivity index (χ0v) is 19.3. The molecule has 0 unspecified atom stereocenters. The summed E-state index contributed by atoms with van der Waals surface area (Å²) in [6.07, 6.45) is 1.17. The number of carbonyl (C=O) groups excluding carboxylic acids is 3. The van der Waals surface area contributed by atoms with Crippen LogP contribution in [0.2, 0.25) is 0 Å². The predicted molar refractivity (Wildman–Crippen MR) is 123 cm³/mol. The summed E-state index contributed by atoms with van der Waals surface area (Å²) in [6, 6.07) is 14.4. The molecular formula is C26H30N2O5. The summed E-state index contributed by atoms with van der Waals surface area (Å²) in [5.74, 6) is -0.297. The molecule has 1 fully saturated rings. The number of rotatable bonds is 5. The Kier molecular flexibility index (Phi) is 6.67. The van der Waals surface area contributed by atoms with E-state index in [2.05, 4.69) is 0 Å². The third kappa shape index (κ3) is 4.32. The minimum atomic E-state index is -0.531. The zero-order chi connectivity index (χ0) is 23.5. The number of methoxy groups -OCH3 is 1. The van der Waals surface area contributed by atoms with Gasteiger partial charge in [0.25, 0.3) is 5.91 Å². The Morgan fingerprint density at radius 1 is 1.03 bits per heavy atom. The number of ether oxygens (including phenoxy) is 2. The molecule has 33 heavy (non-hydrogen) atoms. The van der Waals surface area contributed by atoms with Crippen molar-refractivity contribution in [2.24, 2.45) is 5.92 Å². The van der Waals surface area contributed by atoms with Crippen LogP contribution >= 0.6 is 0 Å². The molecule has 0 N–H and O–H groups in total. The van der Waals surface area contributed by atoms with Gasteiger partial charge >= 0.3 is 5.97 Å². The summed E-state index contributed by atoms with van der Waals surface area (Å²) in [7, 11) is 3.36. The van der Waals surface area contributed by atoms with E-state index in [4.69, 9.17) is 9.47 Å². The largest absolute Gasteiger partial charge is 0.497 e. The third-order valence-corrected chi connectivity index (χ3v) is 6.73. The number of hydrogen-bond acceptors (Lipinski definition) is 5. The van der Waals surface area contributed by atoms with E-state index in [0.29, 0.717) is 43.9 Å². The van der Waals surface area contributed by atoms with E-state index in [-0.39, 0.29) is 23.7 Å². The first-order valence-electron chi connectivity index (χ1n) is 11.4. The summed E-state index contributed by atoms with van der Waals surface area (Å²) in [6.45, 7) is 3.15. The third-order valence-electron chi connectivity index (χ3n) is 6.73. The molecule has 1 saturated heterocycles. The lowest BCUT2D eigenvalue weighted by molar-refractivity contribution is -0.151. The van der Waals surface area contributed by atoms with Crippen molar-refractivity contribution < 1.29 is 23.9 Å². The second kappa shape index (κ2) is 9.65. The molecule has 0 saturated carbocycles. The fourth-order valence-electron chi connectivity index (χ4n) is 4.95. The van der Waals surface area contributed by atoms with Crippen molar-refractivity contribution in [3.8, 4) is 5.75 Å². The molecule has 2 amide bonds. The Morgan fingerprint density at radius 2 is 1.70 bits per heavy atom. The smallest absolute Gasteiger partial charge is 0.309 e. The van der Waals surface area contributed by atoms with Gasteiger partial charge in [-0.3, -0.25) is 14.4 Å². The number of carbonyl (C=O) groups is 3. The van der Waals surface area contributed by atoms with Crippen LogP contribution < -0.4 is 4.74 Å². The molecule has 2 atom stereocenters. The summed E-state index contributed by atoms with van der Waals surface area (Å²) in [5, 5.41) is 0. The molecule has 2 heterocycles. The van der Waals surface area contributed by atoms with Gasteiger partial charge in [0, 0.05) is 25.7 Å². The van der Waals surface area contributed by atoms with Crippen molar-refractivity contribution in [3.63, 3.8) is 0 Å². The molecule has 0 bridgehead atoms. The van der Waals surface area contributed by atoms with E-state index in [1.807, 2.05) is 47.4 Å². The van der Waals surface area contributed by atoms with Gasteiger partial charge in [0.15, 0.2) is 0 Å². The number of nitrogens with zero attached hydrogens (tertiary/aromatic N) is 2. The molecule has 7 nitrogen and oxygen atoms in total. The maximum absolute atomic E-state index is 13.9. The fraction of sp³-hybridized carbons (Fsp3) is 0.423. The fourth-order valence-corrected chi connectivity index (χ4v) is 4.95. The highest BCUT2D eigenvalue weighted by molar-refractivity contribution is 6.01. The van der Waals surface area contributed by atoms with Crippen molar-refractivity contribution in [2.75, 3.05) is 33.9 Å². The van der Waals surface area contributed by atoms with E-state index < -0.39 is 12.0 Å². The van der Waals surface area contributed by atoms with Crippen molar-refractivity contribution in [2.45, 2.75) is 31.7 Å². The normalized spacial score (nSPS) is 20.9. The quantitative estimate of drug-likeness (QED) is 0.653. The minimum Gasteiger partial charge on any atom is -0.497 e. The van der Waals surface area contributed by atoms with Crippen LogP contribution in [0.25, 0.3) is 0 Å². The number of benzene rings is 2. The minimum absolute atomic E-state index is 0.0232. The van der Waals surface area contributed by atoms with Gasteiger partial charge in [0.05, 0.1) is 31.6 Å². The lowest BCUT2D eigenvalue weighted by Gasteiger charge is -2.42. The first-order valence-corrected chi connectivity index (χ1v) is 11.4. The molecule has 2 aliphatic heterocycles. The number of amides is 2. The monoisotopic (exact) mass is 450 g/mol. The molecule has 2 aliphatic rings. The topological polar surface area (TPSA) is 76.2 Å². The van der Waals surface area contributed by atoms with Gasteiger partial charge in [-0.05, 0) is 49.1 Å². The molecule has 0 aliphatic carbocycles. The average Bonchev–Trinajstić information content (AvgIpc) is 2.86. The molecule has 2 aromatic rings. The van der Waals surface area contributed by atoms with Crippen LogP contribution in [0.3, 0.4) is 0 Å². The highest BCUT2D eigenvalue weighted by atomic mass is 16.5. The Bertz CT molecular complexity index is 1030. The van der Waals surface area contributed by atoms with Crippen molar-refractivity contribution in [1.82, 2.24) is 9.80 Å². The highest BCUT2D eigenvalue weighted by Crippen LogP contribution is 2.43. The summed E-state index contributed by atoms with van der Waals surface area (Å²) in [4.78, 5) is 42.7. The average molecular weight is 451 g/mol. The van der Waals surface area contributed by atoms with Crippen LogP contribution in [0, 0.1) is 5.92 Å². The van der Waals surface area contributed by atoms with E-state index in [9.17, 15) is 14.4 Å². The SMILES string of the molecule is CCOC(=O)C1CCN(C(=O)[C@H]2c3ccccc3C(=O)N(C)[C@H]2c2ccc(OC)cc2)CC1. The Hall–Kier alpha value is -3.35. The van der Waals surface area contributed by atoms with Gasteiger partial charge < -0.3 is 19.3 Å². The maximum Gasteiger partial charge on any atom is 0.309 e. The lowest BCUT2D eigenvalue weighted by atomic mass is 9.78. The number of likely N-dealkylation sites (tertiary alicyclic amines) is 1. The van der Waals surface area contributed by atoms with E-state index in [1.54, 1.807) is 32.0 Å². The number of fused-ring (bicyclic) bond motifs is 1. The molecule has 0 spiro atoms. The second-order valence-electron chi connectivity index (χ2n) is 8.55. The van der Waals surface area contributed by atoms with Gasteiger partial charge in [-0.2, -0.15) is 0 Å². The molecule has 0 aromatic heterocycles. The first-order chi connectivity index (χ1) is 16.0. The Morgan fingerprint density at radius 3 is 2.33 bits per heavy atom. The predicted octanol–water partition coefficient (Wildman–Crippen LogP) is 3.41. The van der Waals surface area contributed by atoms with E-state index in [0.717, 1.165) is 11.1 Å². The number of piperidine rings is 1. The standard InChI is InChI=1S/C26H30N2O5/c1-4-33-26(31)18-13-15-28(16-14-18)25(30)22-20-7-5-6-8-21(20)24(29)27(2)23(22)17-9-11-19(32-3)12-10-17/h5-12,18,22-23H,4,13-16H2,1-3H3/t22-,23-/m0/s1. The van der Waals surface area contributed by atoms with Crippen LogP contribution in [0.15, 0.2) is 48.5 Å². The van der Waals surface area contributed by atoms with Crippen molar-refractivity contribution >= 4 is 17.8 Å². The van der Waals surface area contributed by atoms with Crippen LogP contribution in [0.4, 0.5) is 0 Å². The zero-order valence-electron chi connectivity index (χ0n) is 19.3. The number of hydrogen-bond donors (Lipinski definition) is 0. The Balaban J connectivity index is 1.66. The van der Waals surface area contributed by atoms with E-state index >= 15 is 0 Å². The van der Waals surface area contributed by atoms with Crippen molar-refractivity contribution in [1.29, 1.82) is 0 Å². The summed E-state index contributed by atoms with van der Waals surface area (Å²) in [5.41, 5.74) is 2.18. The second-order valence-corrected chi connectivity index (χ2v) is 8.55. The maximum atomic E-state index is 13.9. The van der Waals surface area contributed by atoms with E-state index in [1.165, 1.54) is 0 Å². The molecule has 2 aromatic carbocycles. The number of likely N-dealkylation sites (N-methyl/N-ethyl adjacent to an activating group) is 1. The van der Waals surface area contributed by atoms with Crippen LogP contribution in [0.5, 0.6) is 5.75 Å². The molecule has 7 heteroatoms. The summed E-state index contributed by atoms with van der Waals surface area (Å²) >= 11 is 0. The molecular weight excluding hydrogens is 420 g/mol. The Labute approximate surface area is 194 Å². The molecule has 0 radical (unpaired) electrons. The van der Waals surface area contributed by atoms with Gasteiger partial charge in [-0.15, -0.1) is 0 Å². The highest BCUT2D eigenvalue weighted by Gasteiger charge is 2.44. The molecule has 4 rings (SSSR count). The summed E-state index contributed by atoms with van der Waals surface area (Å²) < 4.78 is 10.4. The van der Waals surface area contributed by atoms with Gasteiger partial charge in [0.1, 0.15) is 5.75 Å².